The standard InChI is InChI=1S/C23H25FN8OS/c1-12-10-31(3)34(33)11-32-19(12)6-21(30-32)29-20-5-14-4-15(16-7-27-9-18(25)13(16)2)22(24)23(26)17(14)8-28-20/h4-9,12H,10-11,25-26H2,1-3H3,(H,28,29,30). The first-order valence-corrected chi connectivity index (χ1v) is 12.0. The van der Waals surface area contributed by atoms with E-state index < -0.39 is 16.8 Å². The molecule has 2 unspecified atom stereocenters. The zero-order valence-electron chi connectivity index (χ0n) is 19.0. The number of fused-ring (bicyclic) bond motifs is 2. The number of benzene rings is 1. The number of nitrogens with zero attached hydrogens (tertiary/aromatic N) is 5. The highest BCUT2D eigenvalue weighted by Crippen LogP contribution is 2.36. The molecule has 4 heterocycles. The Balaban J connectivity index is 1.53. The summed E-state index contributed by atoms with van der Waals surface area (Å²) < 4.78 is 31.1. The van der Waals surface area contributed by atoms with Crippen LogP contribution in [0.3, 0.4) is 0 Å². The van der Waals surface area contributed by atoms with Crippen molar-refractivity contribution in [1.29, 1.82) is 0 Å². The zero-order chi connectivity index (χ0) is 24.1. The lowest BCUT2D eigenvalue weighted by molar-refractivity contribution is 0.489. The van der Waals surface area contributed by atoms with Crippen LogP contribution < -0.4 is 16.8 Å². The third-order valence-corrected chi connectivity index (χ3v) is 7.54. The topological polar surface area (TPSA) is 128 Å². The summed E-state index contributed by atoms with van der Waals surface area (Å²) in [6, 6.07) is 5.46. The molecule has 9 nitrogen and oxygen atoms in total. The second kappa shape index (κ2) is 8.33. The molecule has 2 atom stereocenters. The molecule has 0 aliphatic carbocycles. The summed E-state index contributed by atoms with van der Waals surface area (Å²) in [5, 5.41) is 9.01. The molecular weight excluding hydrogens is 455 g/mol. The van der Waals surface area contributed by atoms with Gasteiger partial charge < -0.3 is 16.8 Å². The highest BCUT2D eigenvalue weighted by molar-refractivity contribution is 7.81. The summed E-state index contributed by atoms with van der Waals surface area (Å²) in [5.41, 5.74) is 15.3. The number of likely N-dealkylation sites (N-methyl/N-ethyl adjacent to an activating group) is 1. The van der Waals surface area contributed by atoms with Gasteiger partial charge in [-0.25, -0.2) is 17.9 Å². The van der Waals surface area contributed by atoms with Crippen molar-refractivity contribution in [3.05, 3.63) is 53.9 Å². The molecule has 34 heavy (non-hydrogen) atoms. The predicted molar refractivity (Wildman–Crippen MR) is 133 cm³/mol. The van der Waals surface area contributed by atoms with E-state index >= 15 is 4.39 Å². The van der Waals surface area contributed by atoms with Crippen LogP contribution in [0.5, 0.6) is 0 Å². The Morgan fingerprint density at radius 3 is 2.74 bits per heavy atom. The van der Waals surface area contributed by atoms with Gasteiger partial charge in [-0.15, -0.1) is 0 Å². The fraction of sp³-hybridized carbons (Fsp3) is 0.261. The van der Waals surface area contributed by atoms with Crippen molar-refractivity contribution in [2.45, 2.75) is 25.6 Å². The summed E-state index contributed by atoms with van der Waals surface area (Å²) in [6.07, 6.45) is 4.66. The highest BCUT2D eigenvalue weighted by atomic mass is 32.2. The minimum absolute atomic E-state index is 0.0162. The molecular formula is C23H25FN8OS. The third-order valence-electron chi connectivity index (χ3n) is 6.23. The van der Waals surface area contributed by atoms with Gasteiger partial charge in [-0.2, -0.15) is 5.10 Å². The van der Waals surface area contributed by atoms with Crippen LogP contribution in [0, 0.1) is 12.7 Å². The molecule has 0 radical (unpaired) electrons. The maximum Gasteiger partial charge on any atom is 0.154 e. The Labute approximate surface area is 198 Å². The first-order chi connectivity index (χ1) is 16.2. The Hall–Kier alpha value is -3.57. The maximum atomic E-state index is 15.2. The number of hydrogen-bond donors (Lipinski definition) is 3. The van der Waals surface area contributed by atoms with Gasteiger partial charge in [0.05, 0.1) is 17.6 Å². The molecule has 4 aromatic rings. The van der Waals surface area contributed by atoms with Gasteiger partial charge in [0.25, 0.3) is 0 Å². The molecule has 3 aromatic heterocycles. The molecule has 11 heteroatoms. The van der Waals surface area contributed by atoms with Gasteiger partial charge in [-0.3, -0.25) is 9.67 Å². The fourth-order valence-corrected chi connectivity index (χ4v) is 5.27. The molecule has 1 aromatic carbocycles. The van der Waals surface area contributed by atoms with E-state index in [1.807, 2.05) is 24.3 Å². The monoisotopic (exact) mass is 480 g/mol. The number of hydrogen-bond acceptors (Lipinski definition) is 7. The van der Waals surface area contributed by atoms with Gasteiger partial charge >= 0.3 is 0 Å². The highest BCUT2D eigenvalue weighted by Gasteiger charge is 2.24. The van der Waals surface area contributed by atoms with E-state index in [1.165, 1.54) is 12.4 Å². The largest absolute Gasteiger partial charge is 0.397 e. The van der Waals surface area contributed by atoms with E-state index in [2.05, 4.69) is 27.3 Å². The van der Waals surface area contributed by atoms with Crippen molar-refractivity contribution in [2.75, 3.05) is 30.4 Å². The lowest BCUT2D eigenvalue weighted by Gasteiger charge is -2.14. The number of nitrogen functional groups attached to an aromatic ring is 2. The first kappa shape index (κ1) is 22.2. The normalized spacial score (nSPS) is 18.6. The molecule has 5 rings (SSSR count). The van der Waals surface area contributed by atoms with Crippen molar-refractivity contribution in [2.24, 2.45) is 0 Å². The molecule has 176 valence electrons. The molecule has 0 saturated carbocycles. The van der Waals surface area contributed by atoms with Crippen LogP contribution in [0.15, 0.2) is 36.8 Å². The van der Waals surface area contributed by atoms with Gasteiger partial charge in [0.2, 0.25) is 0 Å². The quantitative estimate of drug-likeness (QED) is 0.383. The summed E-state index contributed by atoms with van der Waals surface area (Å²) in [4.78, 5) is 8.51. The zero-order valence-corrected chi connectivity index (χ0v) is 19.9. The van der Waals surface area contributed by atoms with Crippen LogP contribution >= 0.6 is 0 Å². The number of aromatic nitrogens is 4. The molecule has 0 spiro atoms. The van der Waals surface area contributed by atoms with Gasteiger partial charge in [-0.1, -0.05) is 6.92 Å². The summed E-state index contributed by atoms with van der Waals surface area (Å²) in [7, 11) is 0.710. The predicted octanol–water partition coefficient (Wildman–Crippen LogP) is 3.52. The van der Waals surface area contributed by atoms with Crippen LogP contribution in [0.1, 0.15) is 24.1 Å². The molecule has 5 N–H and O–H groups in total. The molecule has 1 aliphatic rings. The molecule has 0 fully saturated rings. The van der Waals surface area contributed by atoms with Gasteiger partial charge in [0.1, 0.15) is 22.7 Å². The third kappa shape index (κ3) is 3.76. The Bertz CT molecular complexity index is 1450. The minimum Gasteiger partial charge on any atom is -0.397 e. The molecule has 0 bridgehead atoms. The number of nitrogens with one attached hydrogen (secondary N) is 1. The number of halogens is 1. The van der Waals surface area contributed by atoms with Crippen LogP contribution in [-0.4, -0.2) is 41.9 Å². The van der Waals surface area contributed by atoms with Crippen molar-refractivity contribution < 1.29 is 8.60 Å². The second-order valence-electron chi connectivity index (χ2n) is 8.58. The number of anilines is 4. The van der Waals surface area contributed by atoms with E-state index in [-0.39, 0.29) is 11.6 Å². The van der Waals surface area contributed by atoms with E-state index in [4.69, 9.17) is 11.5 Å². The van der Waals surface area contributed by atoms with E-state index in [9.17, 15) is 4.21 Å². The van der Waals surface area contributed by atoms with Crippen molar-refractivity contribution in [1.82, 2.24) is 24.1 Å². The van der Waals surface area contributed by atoms with E-state index in [0.29, 0.717) is 51.6 Å². The average molecular weight is 481 g/mol. The van der Waals surface area contributed by atoms with Crippen LogP contribution in [-0.2, 0) is 16.9 Å². The fourth-order valence-electron chi connectivity index (χ4n) is 4.26. The Morgan fingerprint density at radius 2 is 1.94 bits per heavy atom. The number of nitrogens with two attached hydrogens (primary N) is 2. The molecule has 1 aliphatic heterocycles. The Kier molecular flexibility index (Phi) is 5.45. The van der Waals surface area contributed by atoms with Gasteiger partial charge in [0.15, 0.2) is 11.6 Å². The van der Waals surface area contributed by atoms with Gasteiger partial charge in [0, 0.05) is 53.1 Å². The maximum absolute atomic E-state index is 15.2. The second-order valence-corrected chi connectivity index (χ2v) is 10.1. The smallest absolute Gasteiger partial charge is 0.154 e. The van der Waals surface area contributed by atoms with Crippen molar-refractivity contribution in [3.8, 4) is 11.1 Å². The number of rotatable bonds is 3. The SMILES string of the molecule is Cc1c(N)cncc1-c1cc2cc(Nc3cc4n(n3)CS(=O)N(C)CC4C)ncc2c(N)c1F. The molecule has 0 amide bonds. The summed E-state index contributed by atoms with van der Waals surface area (Å²) >= 11 is 0. The van der Waals surface area contributed by atoms with E-state index in [1.54, 1.807) is 23.0 Å². The van der Waals surface area contributed by atoms with Crippen LogP contribution in [0.25, 0.3) is 21.9 Å². The minimum atomic E-state index is -1.14. The van der Waals surface area contributed by atoms with Gasteiger partial charge in [-0.05, 0) is 37.1 Å². The lowest BCUT2D eigenvalue weighted by atomic mass is 9.97. The van der Waals surface area contributed by atoms with Crippen molar-refractivity contribution >= 4 is 44.8 Å². The summed E-state index contributed by atoms with van der Waals surface area (Å²) in [5.74, 6) is 1.07. The lowest BCUT2D eigenvalue weighted by Crippen LogP contribution is -2.24. The molecule has 0 saturated heterocycles. The number of pyridine rings is 2. The summed E-state index contributed by atoms with van der Waals surface area (Å²) in [6.45, 7) is 4.58. The van der Waals surface area contributed by atoms with Crippen LogP contribution in [0.2, 0.25) is 0 Å². The van der Waals surface area contributed by atoms with Crippen molar-refractivity contribution in [3.63, 3.8) is 0 Å². The van der Waals surface area contributed by atoms with E-state index in [0.717, 1.165) is 11.3 Å². The average Bonchev–Trinajstić information content (AvgIpc) is 3.16. The first-order valence-electron chi connectivity index (χ1n) is 10.8. The van der Waals surface area contributed by atoms with Crippen LogP contribution in [0.4, 0.5) is 27.4 Å². The Morgan fingerprint density at radius 1 is 1.15 bits per heavy atom.